The molecule has 0 aliphatic carbocycles. The summed E-state index contributed by atoms with van der Waals surface area (Å²) in [5, 5.41) is 0. The maximum absolute atomic E-state index is 12.4. The van der Waals surface area contributed by atoms with E-state index in [0.717, 1.165) is 24.5 Å². The van der Waals surface area contributed by atoms with Crippen LogP contribution < -0.4 is 10.6 Å². The molecule has 1 fully saturated rings. The molecule has 1 aromatic heterocycles. The Kier molecular flexibility index (Phi) is 3.68. The first-order valence-electron chi connectivity index (χ1n) is 6.91. The summed E-state index contributed by atoms with van der Waals surface area (Å²) in [6.45, 7) is 2.81. The molecule has 0 radical (unpaired) electrons. The molecule has 1 saturated heterocycles. The third-order valence-corrected chi connectivity index (χ3v) is 3.55. The summed E-state index contributed by atoms with van der Waals surface area (Å²) in [6.07, 6.45) is 3.23. The van der Waals surface area contributed by atoms with Crippen LogP contribution in [0.25, 0.3) is 0 Å². The molecule has 3 rings (SSSR count). The van der Waals surface area contributed by atoms with Crippen LogP contribution in [0.4, 0.5) is 11.6 Å². The number of piperazine rings is 1. The first-order chi connectivity index (χ1) is 10.2. The number of rotatable bonds is 2. The minimum absolute atomic E-state index is 0.0777. The van der Waals surface area contributed by atoms with E-state index in [4.69, 9.17) is 5.73 Å². The van der Waals surface area contributed by atoms with Gasteiger partial charge in [-0.05, 0) is 12.1 Å². The second kappa shape index (κ2) is 5.78. The largest absolute Gasteiger partial charge is 0.382 e. The molecule has 6 nitrogen and oxygen atoms in total. The number of amides is 1. The number of nitrogens with zero attached hydrogens (tertiary/aromatic N) is 4. The molecule has 0 spiro atoms. The van der Waals surface area contributed by atoms with E-state index >= 15 is 0 Å². The van der Waals surface area contributed by atoms with Crippen molar-refractivity contribution in [1.29, 1.82) is 0 Å². The molecular weight excluding hydrogens is 266 g/mol. The highest BCUT2D eigenvalue weighted by Crippen LogP contribution is 2.15. The van der Waals surface area contributed by atoms with Gasteiger partial charge in [-0.3, -0.25) is 9.78 Å². The van der Waals surface area contributed by atoms with E-state index in [-0.39, 0.29) is 5.91 Å². The zero-order valence-corrected chi connectivity index (χ0v) is 11.6. The molecule has 0 unspecified atom stereocenters. The summed E-state index contributed by atoms with van der Waals surface area (Å²) in [4.78, 5) is 24.6. The Hall–Kier alpha value is -2.63. The summed E-state index contributed by atoms with van der Waals surface area (Å²) in [6, 6.07) is 9.36. The van der Waals surface area contributed by atoms with Crippen molar-refractivity contribution in [3.8, 4) is 0 Å². The van der Waals surface area contributed by atoms with Crippen molar-refractivity contribution < 1.29 is 4.79 Å². The molecular formula is C15H17N5O. The van der Waals surface area contributed by atoms with E-state index < -0.39 is 0 Å². The van der Waals surface area contributed by atoms with Crippen LogP contribution in [0.2, 0.25) is 0 Å². The van der Waals surface area contributed by atoms with Gasteiger partial charge in [-0.25, -0.2) is 4.98 Å². The maximum Gasteiger partial charge on any atom is 0.253 e. The predicted octanol–water partition coefficient (Wildman–Crippen LogP) is 1.02. The van der Waals surface area contributed by atoms with Crippen molar-refractivity contribution in [2.45, 2.75) is 0 Å². The summed E-state index contributed by atoms with van der Waals surface area (Å²) in [5.74, 6) is 1.26. The fraction of sp³-hybridized carbons (Fsp3) is 0.267. The fourth-order valence-electron chi connectivity index (χ4n) is 2.42. The molecule has 21 heavy (non-hydrogen) atoms. The number of hydrogen-bond donors (Lipinski definition) is 1. The van der Waals surface area contributed by atoms with Gasteiger partial charge < -0.3 is 15.5 Å². The van der Waals surface area contributed by atoms with E-state index in [1.54, 1.807) is 6.20 Å². The van der Waals surface area contributed by atoms with Gasteiger partial charge in [0.15, 0.2) is 0 Å². The molecule has 1 aliphatic rings. The molecule has 0 bridgehead atoms. The normalized spacial score (nSPS) is 15.0. The third-order valence-electron chi connectivity index (χ3n) is 3.55. The molecule has 1 aliphatic heterocycles. The number of hydrogen-bond acceptors (Lipinski definition) is 5. The van der Waals surface area contributed by atoms with Gasteiger partial charge in [0, 0.05) is 31.7 Å². The molecule has 1 amide bonds. The quantitative estimate of drug-likeness (QED) is 0.890. The van der Waals surface area contributed by atoms with E-state index in [0.29, 0.717) is 18.9 Å². The predicted molar refractivity (Wildman–Crippen MR) is 81.0 cm³/mol. The van der Waals surface area contributed by atoms with Crippen LogP contribution in [0.3, 0.4) is 0 Å². The third kappa shape index (κ3) is 2.94. The van der Waals surface area contributed by atoms with E-state index in [9.17, 15) is 4.79 Å². The van der Waals surface area contributed by atoms with Gasteiger partial charge in [0.25, 0.3) is 5.91 Å². The van der Waals surface area contributed by atoms with Crippen molar-refractivity contribution in [2.24, 2.45) is 0 Å². The number of benzene rings is 1. The number of anilines is 2. The van der Waals surface area contributed by atoms with Crippen LogP contribution >= 0.6 is 0 Å². The van der Waals surface area contributed by atoms with E-state index in [1.165, 1.54) is 6.20 Å². The van der Waals surface area contributed by atoms with Crippen LogP contribution in [0.1, 0.15) is 10.4 Å². The van der Waals surface area contributed by atoms with Gasteiger partial charge in [-0.15, -0.1) is 0 Å². The molecule has 6 heteroatoms. The highest BCUT2D eigenvalue weighted by molar-refractivity contribution is 5.94. The van der Waals surface area contributed by atoms with Crippen LogP contribution in [-0.2, 0) is 0 Å². The standard InChI is InChI=1S/C15H17N5O/c16-13-10-17-11-14(18-13)19-6-8-20(9-7-19)15(21)12-4-2-1-3-5-12/h1-5,10-11H,6-9H2,(H2,16,18). The summed E-state index contributed by atoms with van der Waals surface area (Å²) in [5.41, 5.74) is 6.38. The monoisotopic (exact) mass is 283 g/mol. The number of nitrogens with two attached hydrogens (primary N) is 1. The van der Waals surface area contributed by atoms with Gasteiger partial charge in [-0.1, -0.05) is 18.2 Å². The highest BCUT2D eigenvalue weighted by Gasteiger charge is 2.22. The Morgan fingerprint density at radius 2 is 1.76 bits per heavy atom. The average molecular weight is 283 g/mol. The van der Waals surface area contributed by atoms with Gasteiger partial charge in [0.1, 0.15) is 11.6 Å². The maximum atomic E-state index is 12.4. The molecule has 2 aromatic rings. The first kappa shape index (κ1) is 13.4. The topological polar surface area (TPSA) is 75.3 Å². The lowest BCUT2D eigenvalue weighted by Crippen LogP contribution is -2.49. The zero-order chi connectivity index (χ0) is 14.7. The molecule has 108 valence electrons. The Balaban J connectivity index is 1.64. The molecule has 2 heterocycles. The minimum Gasteiger partial charge on any atom is -0.382 e. The Bertz CT molecular complexity index is 623. The molecule has 0 saturated carbocycles. The van der Waals surface area contributed by atoms with Crippen molar-refractivity contribution in [2.75, 3.05) is 36.8 Å². The number of carbonyl (C=O) groups is 1. The van der Waals surface area contributed by atoms with Gasteiger partial charge in [0.2, 0.25) is 0 Å². The molecule has 1 aromatic carbocycles. The lowest BCUT2D eigenvalue weighted by molar-refractivity contribution is 0.0746. The summed E-state index contributed by atoms with van der Waals surface area (Å²) in [7, 11) is 0. The summed E-state index contributed by atoms with van der Waals surface area (Å²) >= 11 is 0. The molecule has 0 atom stereocenters. The molecule has 2 N–H and O–H groups in total. The van der Waals surface area contributed by atoms with Gasteiger partial charge in [0.05, 0.1) is 12.4 Å². The van der Waals surface area contributed by atoms with E-state index in [2.05, 4.69) is 14.9 Å². The van der Waals surface area contributed by atoms with Crippen LogP contribution in [0.15, 0.2) is 42.7 Å². The van der Waals surface area contributed by atoms with Gasteiger partial charge in [-0.2, -0.15) is 0 Å². The minimum atomic E-state index is 0.0777. The van der Waals surface area contributed by atoms with E-state index in [1.807, 2.05) is 35.2 Å². The summed E-state index contributed by atoms with van der Waals surface area (Å²) < 4.78 is 0. The number of nitrogen functional groups attached to an aromatic ring is 1. The second-order valence-corrected chi connectivity index (χ2v) is 4.95. The zero-order valence-electron chi connectivity index (χ0n) is 11.6. The number of aromatic nitrogens is 2. The van der Waals surface area contributed by atoms with Crippen molar-refractivity contribution >= 4 is 17.5 Å². The van der Waals surface area contributed by atoms with Crippen molar-refractivity contribution in [1.82, 2.24) is 14.9 Å². The highest BCUT2D eigenvalue weighted by atomic mass is 16.2. The van der Waals surface area contributed by atoms with Crippen molar-refractivity contribution in [3.05, 3.63) is 48.3 Å². The van der Waals surface area contributed by atoms with Gasteiger partial charge >= 0.3 is 0 Å². The van der Waals surface area contributed by atoms with Crippen molar-refractivity contribution in [3.63, 3.8) is 0 Å². The fourth-order valence-corrected chi connectivity index (χ4v) is 2.42. The Morgan fingerprint density at radius 3 is 2.43 bits per heavy atom. The number of carbonyl (C=O) groups excluding carboxylic acids is 1. The Labute approximate surface area is 123 Å². The first-order valence-corrected chi connectivity index (χ1v) is 6.91. The van der Waals surface area contributed by atoms with Crippen LogP contribution in [0, 0.1) is 0 Å². The SMILES string of the molecule is Nc1cncc(N2CCN(C(=O)c3ccccc3)CC2)n1. The smallest absolute Gasteiger partial charge is 0.253 e. The van der Waals surface area contributed by atoms with Crippen LogP contribution in [0.5, 0.6) is 0 Å². The van der Waals surface area contributed by atoms with Crippen LogP contribution in [-0.4, -0.2) is 47.0 Å². The lowest BCUT2D eigenvalue weighted by Gasteiger charge is -2.35. The second-order valence-electron chi connectivity index (χ2n) is 4.95. The lowest BCUT2D eigenvalue weighted by atomic mass is 10.2. The Morgan fingerprint density at radius 1 is 1.05 bits per heavy atom. The average Bonchev–Trinajstić information content (AvgIpc) is 2.55.